The molecule has 0 aromatic carbocycles. The van der Waals surface area contributed by atoms with Crippen LogP contribution in [0, 0.1) is 11.8 Å². The number of nitrogens with zero attached hydrogens (tertiary/aromatic N) is 2. The number of hydrogen-bond acceptors (Lipinski definition) is 6. The van der Waals surface area contributed by atoms with Gasteiger partial charge in [0.2, 0.25) is 11.8 Å². The first-order valence-electron chi connectivity index (χ1n) is 11.6. The van der Waals surface area contributed by atoms with Crippen molar-refractivity contribution >= 4 is 33.7 Å². The van der Waals surface area contributed by atoms with Crippen molar-refractivity contribution in [2.75, 3.05) is 19.8 Å². The highest BCUT2D eigenvalue weighted by Crippen LogP contribution is 2.60. The van der Waals surface area contributed by atoms with E-state index in [9.17, 15) is 19.5 Å². The summed E-state index contributed by atoms with van der Waals surface area (Å²) in [6.07, 6.45) is 4.13. The Morgan fingerprint density at radius 1 is 1.39 bits per heavy atom. The number of carbonyl (C=O) groups excluding carboxylic acids is 3. The lowest BCUT2D eigenvalue weighted by Crippen LogP contribution is -2.59. The minimum absolute atomic E-state index is 0.129. The zero-order valence-corrected chi connectivity index (χ0v) is 21.2. The number of fused-ring (bicyclic) bond motifs is 1. The van der Waals surface area contributed by atoms with Crippen molar-refractivity contribution in [2.24, 2.45) is 11.8 Å². The maximum absolute atomic E-state index is 14.0. The lowest BCUT2D eigenvalue weighted by atomic mass is 9.70. The van der Waals surface area contributed by atoms with Gasteiger partial charge < -0.3 is 24.4 Å². The average molecular weight is 527 g/mol. The van der Waals surface area contributed by atoms with E-state index < -0.39 is 41.6 Å². The van der Waals surface area contributed by atoms with Gasteiger partial charge in [-0.2, -0.15) is 0 Å². The molecule has 3 aliphatic heterocycles. The second-order valence-corrected chi connectivity index (χ2v) is 10.4. The molecule has 184 valence electrons. The van der Waals surface area contributed by atoms with Gasteiger partial charge in [0.05, 0.1) is 37.2 Å². The van der Waals surface area contributed by atoms with Crippen LogP contribution in [0.15, 0.2) is 25.3 Å². The Balaban J connectivity index is 2.07. The van der Waals surface area contributed by atoms with Crippen molar-refractivity contribution in [3.63, 3.8) is 0 Å². The van der Waals surface area contributed by atoms with E-state index in [4.69, 9.17) is 9.47 Å². The summed E-state index contributed by atoms with van der Waals surface area (Å²) in [4.78, 5) is 43.9. The van der Waals surface area contributed by atoms with Crippen LogP contribution >= 0.6 is 15.9 Å². The molecule has 1 spiro atoms. The molecule has 33 heavy (non-hydrogen) atoms. The molecular weight excluding hydrogens is 492 g/mol. The first kappa shape index (κ1) is 25.9. The van der Waals surface area contributed by atoms with E-state index in [2.05, 4.69) is 29.1 Å². The number of esters is 1. The van der Waals surface area contributed by atoms with E-state index in [0.717, 1.165) is 0 Å². The Morgan fingerprint density at radius 3 is 2.64 bits per heavy atom. The highest BCUT2D eigenvalue weighted by molar-refractivity contribution is 9.09. The molecule has 2 bridgehead atoms. The van der Waals surface area contributed by atoms with Crippen molar-refractivity contribution in [3.05, 3.63) is 25.3 Å². The van der Waals surface area contributed by atoms with Gasteiger partial charge >= 0.3 is 5.97 Å². The maximum Gasteiger partial charge on any atom is 0.312 e. The molecule has 3 fully saturated rings. The zero-order valence-electron chi connectivity index (χ0n) is 19.6. The normalized spacial score (nSPS) is 33.2. The van der Waals surface area contributed by atoms with Crippen LogP contribution < -0.4 is 0 Å². The van der Waals surface area contributed by atoms with Crippen molar-refractivity contribution in [3.8, 4) is 0 Å². The van der Waals surface area contributed by atoms with Crippen LogP contribution in [-0.4, -0.2) is 87.1 Å². The number of hydrogen-bond donors (Lipinski definition) is 1. The number of carbonyl (C=O) groups is 3. The molecular formula is C24H35BrN2O6. The molecule has 0 radical (unpaired) electrons. The Morgan fingerprint density at radius 2 is 2.09 bits per heavy atom. The first-order valence-corrected chi connectivity index (χ1v) is 12.5. The van der Waals surface area contributed by atoms with Crippen molar-refractivity contribution < 1.29 is 29.0 Å². The minimum atomic E-state index is -1.16. The quantitative estimate of drug-likeness (QED) is 0.191. The Labute approximate surface area is 204 Å². The fourth-order valence-electron chi connectivity index (χ4n) is 5.61. The summed E-state index contributed by atoms with van der Waals surface area (Å²) in [6.45, 7) is 13.3. The number of ether oxygens (including phenoxy) is 2. The van der Waals surface area contributed by atoms with Crippen LogP contribution in [0.1, 0.15) is 40.0 Å². The highest BCUT2D eigenvalue weighted by atomic mass is 79.9. The predicted molar refractivity (Wildman–Crippen MR) is 127 cm³/mol. The molecule has 3 rings (SSSR count). The summed E-state index contributed by atoms with van der Waals surface area (Å²) in [5, 5.41) is 10.1. The van der Waals surface area contributed by atoms with Gasteiger partial charge in [0, 0.05) is 17.4 Å². The number of likely N-dealkylation sites (tertiary alicyclic amines) is 1. The molecule has 0 aliphatic carbocycles. The van der Waals surface area contributed by atoms with Crippen molar-refractivity contribution in [1.29, 1.82) is 0 Å². The number of aliphatic hydroxyl groups excluding tert-OH is 1. The van der Waals surface area contributed by atoms with Crippen LogP contribution in [0.3, 0.4) is 0 Å². The average Bonchev–Trinajstić information content (AvgIpc) is 3.36. The monoisotopic (exact) mass is 526 g/mol. The molecule has 1 N–H and O–H groups in total. The lowest BCUT2D eigenvalue weighted by molar-refractivity contribution is -0.156. The van der Waals surface area contributed by atoms with Crippen LogP contribution in [0.25, 0.3) is 0 Å². The number of rotatable bonds is 11. The van der Waals surface area contributed by atoms with Gasteiger partial charge in [-0.3, -0.25) is 14.4 Å². The molecule has 0 saturated carbocycles. The summed E-state index contributed by atoms with van der Waals surface area (Å²) >= 11 is 3.63. The van der Waals surface area contributed by atoms with E-state index in [1.165, 1.54) is 4.90 Å². The smallest absolute Gasteiger partial charge is 0.312 e. The molecule has 3 unspecified atom stereocenters. The number of halogens is 1. The predicted octanol–water partition coefficient (Wildman–Crippen LogP) is 2.05. The highest BCUT2D eigenvalue weighted by Gasteiger charge is 2.77. The molecule has 9 heteroatoms. The van der Waals surface area contributed by atoms with Gasteiger partial charge in [0.25, 0.3) is 0 Å². The van der Waals surface area contributed by atoms with E-state index >= 15 is 0 Å². The minimum Gasteiger partial charge on any atom is -0.465 e. The molecule has 3 saturated heterocycles. The largest absolute Gasteiger partial charge is 0.465 e. The Bertz CT molecular complexity index is 800. The van der Waals surface area contributed by atoms with E-state index in [1.54, 1.807) is 17.1 Å². The molecule has 0 aromatic heterocycles. The number of aliphatic hydroxyl groups is 1. The third-order valence-corrected chi connectivity index (χ3v) is 7.95. The van der Waals surface area contributed by atoms with Crippen molar-refractivity contribution in [1.82, 2.24) is 9.80 Å². The van der Waals surface area contributed by atoms with E-state index in [-0.39, 0.29) is 35.9 Å². The molecule has 2 amide bonds. The van der Waals surface area contributed by atoms with E-state index in [0.29, 0.717) is 25.8 Å². The second-order valence-electron chi connectivity index (χ2n) is 9.27. The lowest BCUT2D eigenvalue weighted by Gasteiger charge is -2.40. The molecule has 3 aliphatic rings. The molecule has 8 nitrogen and oxygen atoms in total. The summed E-state index contributed by atoms with van der Waals surface area (Å²) in [6, 6.07) is -1.63. The second kappa shape index (κ2) is 10.3. The Kier molecular flexibility index (Phi) is 8.07. The maximum atomic E-state index is 14.0. The summed E-state index contributed by atoms with van der Waals surface area (Å²) < 4.78 is 11.9. The SMILES string of the molecule is C=CCCOC(=O)[C@H]1[C@@H]2OC3(CC2Br)C(C(=O)N(CC=C)C(C)C)N([C@@H](CC)CO)C(=O)[C@H]13. The van der Waals surface area contributed by atoms with E-state index in [1.807, 2.05) is 20.8 Å². The zero-order chi connectivity index (χ0) is 24.5. The summed E-state index contributed by atoms with van der Waals surface area (Å²) in [5.41, 5.74) is -1.16. The molecule has 7 atom stereocenters. The third kappa shape index (κ3) is 4.17. The van der Waals surface area contributed by atoms with Gasteiger partial charge in [-0.15, -0.1) is 13.2 Å². The van der Waals surface area contributed by atoms with Crippen molar-refractivity contribution in [2.45, 2.75) is 74.7 Å². The van der Waals surface area contributed by atoms with Gasteiger partial charge in [0.1, 0.15) is 11.6 Å². The topological polar surface area (TPSA) is 96.4 Å². The number of amides is 2. The fourth-order valence-corrected chi connectivity index (χ4v) is 6.56. The molecule has 3 heterocycles. The first-order chi connectivity index (χ1) is 15.7. The third-order valence-electron chi connectivity index (χ3n) is 7.11. The standard InChI is InChI=1S/C24H35BrN2O6/c1-6-9-11-32-23(31)17-18-21(29)27(15(8-3)13-28)20(22(30)26(10-7-2)14(4)5)24(18)12-16(25)19(17)33-24/h6-7,14-20,28H,1-2,8-13H2,3-5H3/t15-,16?,17+,18-,19+,20?,24?/m0/s1. The van der Waals surface area contributed by atoms with Crippen LogP contribution in [0.2, 0.25) is 0 Å². The van der Waals surface area contributed by atoms with Gasteiger partial charge in [-0.25, -0.2) is 0 Å². The van der Waals surface area contributed by atoms with Crippen LogP contribution in [0.4, 0.5) is 0 Å². The van der Waals surface area contributed by atoms with Crippen LogP contribution in [-0.2, 0) is 23.9 Å². The number of alkyl halides is 1. The molecule has 0 aromatic rings. The van der Waals surface area contributed by atoms with Gasteiger partial charge in [-0.1, -0.05) is 35.0 Å². The van der Waals surface area contributed by atoms with Crippen LogP contribution in [0.5, 0.6) is 0 Å². The summed E-state index contributed by atoms with van der Waals surface area (Å²) in [5.74, 6) is -2.73. The fraction of sp³-hybridized carbons (Fsp3) is 0.708. The summed E-state index contributed by atoms with van der Waals surface area (Å²) in [7, 11) is 0. The van der Waals surface area contributed by atoms with Gasteiger partial charge in [-0.05, 0) is 33.1 Å². The Hall–Kier alpha value is -1.71. The van der Waals surface area contributed by atoms with Gasteiger partial charge in [0.15, 0.2) is 0 Å².